The first-order valence-corrected chi connectivity index (χ1v) is 4.84. The molecule has 0 unspecified atom stereocenters. The van der Waals surface area contributed by atoms with E-state index in [1.165, 1.54) is 18.2 Å². The van der Waals surface area contributed by atoms with Crippen LogP contribution in [0.15, 0.2) is 22.7 Å². The first-order chi connectivity index (χ1) is 6.38. The molecule has 0 fully saturated rings. The Morgan fingerprint density at radius 3 is 2.40 bits per heavy atom. The average molecular weight is 327 g/mol. The normalized spacial score (nSPS) is 10.7. The summed E-state index contributed by atoms with van der Waals surface area (Å²) in [6.07, 6.45) is 0. The summed E-state index contributed by atoms with van der Waals surface area (Å²) in [6.45, 7) is -6.18. The van der Waals surface area contributed by atoms with Crippen LogP contribution in [0.1, 0.15) is 0 Å². The fraction of sp³-hybridized carbons (Fsp3) is 0.143. The van der Waals surface area contributed by atoms with Crippen molar-refractivity contribution in [3.63, 3.8) is 0 Å². The summed E-state index contributed by atoms with van der Waals surface area (Å²) < 4.78 is 40.6. The topological polar surface area (TPSA) is 9.23 Å². The molecule has 0 aliphatic carbocycles. The van der Waals surface area contributed by atoms with Gasteiger partial charge in [-0.25, -0.2) is 0 Å². The Hall–Kier alpha value is 1.28. The summed E-state index contributed by atoms with van der Waals surface area (Å²) in [5.41, 5.74) is 0. The van der Waals surface area contributed by atoms with Gasteiger partial charge in [-0.2, -0.15) is 0 Å². The molecular formula is C7H5BBrClF3KO. The zero-order chi connectivity index (χ0) is 10.8. The van der Waals surface area contributed by atoms with Crippen LogP contribution >= 0.6 is 27.5 Å². The van der Waals surface area contributed by atoms with Gasteiger partial charge in [0.15, 0.2) is 0 Å². The summed E-state index contributed by atoms with van der Waals surface area (Å²) in [7, 11) is 0. The van der Waals surface area contributed by atoms with Crippen LogP contribution in [-0.2, 0) is 0 Å². The van der Waals surface area contributed by atoms with Gasteiger partial charge >= 0.3 is 58.4 Å². The van der Waals surface area contributed by atoms with Crippen LogP contribution in [0.3, 0.4) is 0 Å². The van der Waals surface area contributed by atoms with Crippen LogP contribution in [0.5, 0.6) is 5.75 Å². The molecule has 0 amide bonds. The molecule has 0 aromatic heterocycles. The van der Waals surface area contributed by atoms with Crippen LogP contribution in [0.4, 0.5) is 12.9 Å². The van der Waals surface area contributed by atoms with Gasteiger partial charge in [0.1, 0.15) is 5.75 Å². The van der Waals surface area contributed by atoms with E-state index < -0.39 is 13.5 Å². The van der Waals surface area contributed by atoms with Crippen molar-refractivity contribution in [3.05, 3.63) is 27.7 Å². The minimum Gasteiger partial charge on any atom is -0.522 e. The Kier molecular flexibility index (Phi) is 7.47. The van der Waals surface area contributed by atoms with E-state index >= 15 is 0 Å². The van der Waals surface area contributed by atoms with E-state index in [0.29, 0.717) is 9.50 Å². The van der Waals surface area contributed by atoms with Crippen LogP contribution in [0.25, 0.3) is 0 Å². The second kappa shape index (κ2) is 6.88. The van der Waals surface area contributed by atoms with Gasteiger partial charge in [-0.1, -0.05) is 11.6 Å². The van der Waals surface area contributed by atoms with Gasteiger partial charge in [0, 0.05) is 4.47 Å². The van der Waals surface area contributed by atoms with Gasteiger partial charge in [-0.3, -0.25) is 0 Å². The van der Waals surface area contributed by atoms with Crippen molar-refractivity contribution in [1.82, 2.24) is 0 Å². The van der Waals surface area contributed by atoms with E-state index in [-0.39, 0.29) is 57.1 Å². The Bertz CT molecular complexity index is 337. The maximum absolute atomic E-state index is 11.8. The first-order valence-electron chi connectivity index (χ1n) is 3.67. The predicted molar refractivity (Wildman–Crippen MR) is 53.7 cm³/mol. The molecule has 1 rings (SSSR count). The zero-order valence-corrected chi connectivity index (χ0v) is 13.3. The molecule has 0 N–H and O–H groups in total. The molecule has 78 valence electrons. The average Bonchev–Trinajstić information content (AvgIpc) is 2.06. The Balaban J connectivity index is 0.00000196. The second-order valence-corrected chi connectivity index (χ2v) is 3.86. The van der Waals surface area contributed by atoms with Gasteiger partial charge in [0.2, 0.25) is 0 Å². The molecule has 0 atom stereocenters. The predicted octanol–water partition coefficient (Wildman–Crippen LogP) is 0.872. The summed E-state index contributed by atoms with van der Waals surface area (Å²) in [5, 5.41) is 0.317. The molecule has 0 heterocycles. The Labute approximate surface area is 141 Å². The van der Waals surface area contributed by atoms with E-state index in [4.69, 9.17) is 11.6 Å². The van der Waals surface area contributed by atoms with E-state index in [0.717, 1.165) is 0 Å². The molecule has 0 spiro atoms. The third-order valence-electron chi connectivity index (χ3n) is 1.33. The SMILES string of the molecule is F[B-](F)(F)COc1ccc(Br)c(Cl)c1.[K+]. The summed E-state index contributed by atoms with van der Waals surface area (Å²) in [6, 6.07) is 4.27. The van der Waals surface area contributed by atoms with E-state index in [1.807, 2.05) is 0 Å². The molecular weight excluding hydrogens is 322 g/mol. The fourth-order valence-corrected chi connectivity index (χ4v) is 1.17. The fourth-order valence-electron chi connectivity index (χ4n) is 0.757. The third kappa shape index (κ3) is 6.55. The van der Waals surface area contributed by atoms with E-state index in [2.05, 4.69) is 20.7 Å². The number of benzene rings is 1. The van der Waals surface area contributed by atoms with Crippen molar-refractivity contribution >= 4 is 34.5 Å². The molecule has 0 aliphatic heterocycles. The van der Waals surface area contributed by atoms with E-state index in [1.54, 1.807) is 0 Å². The Morgan fingerprint density at radius 2 is 1.93 bits per heavy atom. The van der Waals surface area contributed by atoms with Crippen molar-refractivity contribution in [2.24, 2.45) is 0 Å². The maximum atomic E-state index is 11.8. The number of halogens is 5. The molecule has 1 nitrogen and oxygen atoms in total. The van der Waals surface area contributed by atoms with Crippen molar-refractivity contribution in [1.29, 1.82) is 0 Å². The number of rotatable bonds is 3. The summed E-state index contributed by atoms with van der Waals surface area (Å²) in [5.74, 6) is 0.109. The standard InChI is InChI=1S/C7H5BBrClF3O.K/c9-6-2-1-5(3-7(6)10)14-4-8(11,12)13;/h1-3H,4H2;/q-1;+1. The quantitative estimate of drug-likeness (QED) is 0.749. The molecule has 0 saturated heterocycles. The van der Waals surface area contributed by atoms with Crippen LogP contribution in [0, 0.1) is 0 Å². The van der Waals surface area contributed by atoms with Gasteiger partial charge in [-0.15, -0.1) is 0 Å². The molecule has 0 saturated carbocycles. The minimum absolute atomic E-state index is 0. The molecule has 1 aromatic carbocycles. The molecule has 1 aromatic rings. The zero-order valence-electron chi connectivity index (χ0n) is 7.81. The van der Waals surface area contributed by atoms with Crippen molar-refractivity contribution in [3.8, 4) is 5.75 Å². The number of hydrogen-bond donors (Lipinski definition) is 0. The smallest absolute Gasteiger partial charge is 0.522 e. The minimum atomic E-state index is -4.93. The van der Waals surface area contributed by atoms with E-state index in [9.17, 15) is 12.9 Å². The van der Waals surface area contributed by atoms with Crippen LogP contribution < -0.4 is 56.1 Å². The van der Waals surface area contributed by atoms with Crippen LogP contribution in [-0.4, -0.2) is 13.5 Å². The van der Waals surface area contributed by atoms with Gasteiger partial charge in [0.05, 0.1) is 11.5 Å². The monoisotopic (exact) mass is 326 g/mol. The van der Waals surface area contributed by atoms with Gasteiger partial charge in [0.25, 0.3) is 0 Å². The van der Waals surface area contributed by atoms with Crippen molar-refractivity contribution in [2.75, 3.05) is 6.51 Å². The molecule has 8 heteroatoms. The second-order valence-electron chi connectivity index (χ2n) is 2.60. The largest absolute Gasteiger partial charge is 1.00 e. The molecule has 0 radical (unpaired) electrons. The number of ether oxygens (including phenoxy) is 1. The van der Waals surface area contributed by atoms with Gasteiger partial charge < -0.3 is 17.7 Å². The maximum Gasteiger partial charge on any atom is 1.00 e. The first kappa shape index (κ1) is 16.3. The number of hydrogen-bond acceptors (Lipinski definition) is 1. The Morgan fingerprint density at radius 1 is 1.33 bits per heavy atom. The molecule has 15 heavy (non-hydrogen) atoms. The summed E-state index contributed by atoms with van der Waals surface area (Å²) >= 11 is 8.77. The van der Waals surface area contributed by atoms with Crippen molar-refractivity contribution in [2.45, 2.75) is 0 Å². The van der Waals surface area contributed by atoms with Gasteiger partial charge in [-0.05, 0) is 34.1 Å². The van der Waals surface area contributed by atoms with Crippen molar-refractivity contribution < 1.29 is 69.1 Å². The summed E-state index contributed by atoms with van der Waals surface area (Å²) in [4.78, 5) is 0. The molecule has 0 bridgehead atoms. The third-order valence-corrected chi connectivity index (χ3v) is 2.56. The van der Waals surface area contributed by atoms with Crippen LogP contribution in [0.2, 0.25) is 5.02 Å². The molecule has 0 aliphatic rings.